The first kappa shape index (κ1) is 14.9. The molecule has 0 aromatic heterocycles. The van der Waals surface area contributed by atoms with E-state index in [-0.39, 0.29) is 17.7 Å². The fourth-order valence-corrected chi connectivity index (χ4v) is 2.51. The Balaban J connectivity index is 1.76. The van der Waals surface area contributed by atoms with E-state index in [9.17, 15) is 9.59 Å². The highest BCUT2D eigenvalue weighted by molar-refractivity contribution is 6.27. The summed E-state index contributed by atoms with van der Waals surface area (Å²) >= 11 is 5.53. The third kappa shape index (κ3) is 3.97. The third-order valence-electron chi connectivity index (χ3n) is 3.57. The van der Waals surface area contributed by atoms with Crippen molar-refractivity contribution in [2.75, 3.05) is 32.1 Å². The van der Waals surface area contributed by atoms with Crippen molar-refractivity contribution in [3.8, 4) is 0 Å². The van der Waals surface area contributed by atoms with Gasteiger partial charge in [-0.15, -0.1) is 11.6 Å². The van der Waals surface area contributed by atoms with Gasteiger partial charge in [0.05, 0.1) is 0 Å². The standard InChI is InChI=1S/C15H19ClN2O2/c16-12-15(20)18-10-8-17(9-11-18)14(19)7-6-13-4-2-1-3-5-13/h1-5H,6-12H2. The lowest BCUT2D eigenvalue weighted by Crippen LogP contribution is -2.51. The second-order valence-electron chi connectivity index (χ2n) is 4.88. The van der Waals surface area contributed by atoms with Gasteiger partial charge in [-0.05, 0) is 12.0 Å². The van der Waals surface area contributed by atoms with Crippen molar-refractivity contribution in [2.45, 2.75) is 12.8 Å². The van der Waals surface area contributed by atoms with E-state index < -0.39 is 0 Å². The second kappa shape index (κ2) is 7.29. The van der Waals surface area contributed by atoms with Crippen molar-refractivity contribution in [2.24, 2.45) is 0 Å². The maximum Gasteiger partial charge on any atom is 0.237 e. The number of rotatable bonds is 4. The van der Waals surface area contributed by atoms with Crippen molar-refractivity contribution in [3.05, 3.63) is 35.9 Å². The summed E-state index contributed by atoms with van der Waals surface area (Å²) in [6, 6.07) is 10.00. The van der Waals surface area contributed by atoms with E-state index in [0.29, 0.717) is 32.6 Å². The van der Waals surface area contributed by atoms with E-state index in [2.05, 4.69) is 0 Å². The van der Waals surface area contributed by atoms with E-state index >= 15 is 0 Å². The quantitative estimate of drug-likeness (QED) is 0.790. The summed E-state index contributed by atoms with van der Waals surface area (Å²) in [5, 5.41) is 0. The summed E-state index contributed by atoms with van der Waals surface area (Å²) < 4.78 is 0. The van der Waals surface area contributed by atoms with Crippen molar-refractivity contribution < 1.29 is 9.59 Å². The van der Waals surface area contributed by atoms with Crippen LogP contribution < -0.4 is 0 Å². The highest BCUT2D eigenvalue weighted by Gasteiger charge is 2.23. The van der Waals surface area contributed by atoms with Crippen LogP contribution in [0.2, 0.25) is 0 Å². The summed E-state index contributed by atoms with van der Waals surface area (Å²) in [5.74, 6) is 0.122. The number of halogens is 1. The molecule has 1 aliphatic heterocycles. The van der Waals surface area contributed by atoms with Crippen molar-refractivity contribution in [3.63, 3.8) is 0 Å². The molecule has 0 atom stereocenters. The van der Waals surface area contributed by atoms with E-state index in [4.69, 9.17) is 11.6 Å². The van der Waals surface area contributed by atoms with E-state index in [1.165, 1.54) is 5.56 Å². The number of carbonyl (C=O) groups is 2. The normalized spacial score (nSPS) is 15.2. The molecular weight excluding hydrogens is 276 g/mol. The Kier molecular flexibility index (Phi) is 5.41. The van der Waals surface area contributed by atoms with Gasteiger partial charge in [-0.2, -0.15) is 0 Å². The summed E-state index contributed by atoms with van der Waals surface area (Å²) in [7, 11) is 0. The molecule has 0 aliphatic carbocycles. The highest BCUT2D eigenvalue weighted by atomic mass is 35.5. The Morgan fingerprint density at radius 1 is 0.950 bits per heavy atom. The van der Waals surface area contributed by atoms with Crippen LogP contribution in [0.4, 0.5) is 0 Å². The monoisotopic (exact) mass is 294 g/mol. The fourth-order valence-electron chi connectivity index (χ4n) is 2.34. The minimum Gasteiger partial charge on any atom is -0.339 e. The Hall–Kier alpha value is -1.55. The summed E-state index contributed by atoms with van der Waals surface area (Å²) in [4.78, 5) is 27.1. The number of piperazine rings is 1. The molecule has 0 radical (unpaired) electrons. The van der Waals surface area contributed by atoms with Crippen LogP contribution >= 0.6 is 11.6 Å². The molecule has 0 N–H and O–H groups in total. The number of amides is 2. The summed E-state index contributed by atoms with van der Waals surface area (Å²) in [6.07, 6.45) is 1.29. The average Bonchev–Trinajstić information content (AvgIpc) is 2.53. The number of benzene rings is 1. The molecule has 1 fully saturated rings. The Morgan fingerprint density at radius 3 is 2.05 bits per heavy atom. The van der Waals surface area contributed by atoms with Crippen molar-refractivity contribution >= 4 is 23.4 Å². The number of aryl methyl sites for hydroxylation is 1. The Morgan fingerprint density at radius 2 is 1.50 bits per heavy atom. The topological polar surface area (TPSA) is 40.6 Å². The van der Waals surface area contributed by atoms with Gasteiger partial charge in [0.1, 0.15) is 5.88 Å². The molecule has 1 heterocycles. The fraction of sp³-hybridized carbons (Fsp3) is 0.467. The molecule has 1 aromatic rings. The molecule has 0 spiro atoms. The van der Waals surface area contributed by atoms with Gasteiger partial charge in [-0.3, -0.25) is 9.59 Å². The minimum atomic E-state index is -0.0527. The first-order valence-electron chi connectivity index (χ1n) is 6.86. The number of hydrogen-bond acceptors (Lipinski definition) is 2. The van der Waals surface area contributed by atoms with Crippen LogP contribution in [0.25, 0.3) is 0 Å². The molecule has 1 aromatic carbocycles. The van der Waals surface area contributed by atoms with Gasteiger partial charge < -0.3 is 9.80 Å². The molecule has 2 rings (SSSR count). The van der Waals surface area contributed by atoms with Gasteiger partial charge in [-0.1, -0.05) is 30.3 Å². The molecule has 2 amide bonds. The number of hydrogen-bond donors (Lipinski definition) is 0. The van der Waals surface area contributed by atoms with Gasteiger partial charge in [0.2, 0.25) is 11.8 Å². The van der Waals surface area contributed by atoms with E-state index in [1.807, 2.05) is 35.2 Å². The van der Waals surface area contributed by atoms with E-state index in [1.54, 1.807) is 4.90 Å². The lowest BCUT2D eigenvalue weighted by Gasteiger charge is -2.34. The van der Waals surface area contributed by atoms with Gasteiger partial charge in [0.15, 0.2) is 0 Å². The molecule has 0 bridgehead atoms. The molecule has 4 nitrogen and oxygen atoms in total. The van der Waals surface area contributed by atoms with Crippen LogP contribution in [0.3, 0.4) is 0 Å². The first-order chi connectivity index (χ1) is 9.70. The smallest absolute Gasteiger partial charge is 0.237 e. The third-order valence-corrected chi connectivity index (χ3v) is 3.80. The van der Waals surface area contributed by atoms with Gasteiger partial charge in [0.25, 0.3) is 0 Å². The Labute approximate surface area is 124 Å². The lowest BCUT2D eigenvalue weighted by molar-refractivity contribution is -0.138. The molecule has 5 heteroatoms. The molecule has 108 valence electrons. The number of alkyl halides is 1. The zero-order valence-electron chi connectivity index (χ0n) is 11.4. The second-order valence-corrected chi connectivity index (χ2v) is 5.15. The maximum absolute atomic E-state index is 12.1. The van der Waals surface area contributed by atoms with Gasteiger partial charge in [-0.25, -0.2) is 0 Å². The molecular formula is C15H19ClN2O2. The zero-order chi connectivity index (χ0) is 14.4. The van der Waals surface area contributed by atoms with Crippen LogP contribution in [0.1, 0.15) is 12.0 Å². The van der Waals surface area contributed by atoms with Gasteiger partial charge >= 0.3 is 0 Å². The van der Waals surface area contributed by atoms with Crippen LogP contribution in [-0.2, 0) is 16.0 Å². The predicted molar refractivity (Wildman–Crippen MR) is 78.6 cm³/mol. The summed E-state index contributed by atoms with van der Waals surface area (Å²) in [6.45, 7) is 2.39. The van der Waals surface area contributed by atoms with Crippen molar-refractivity contribution in [1.82, 2.24) is 9.80 Å². The summed E-state index contributed by atoms with van der Waals surface area (Å²) in [5.41, 5.74) is 1.18. The van der Waals surface area contributed by atoms with Crippen LogP contribution in [-0.4, -0.2) is 53.7 Å². The SMILES string of the molecule is O=C(CCl)N1CCN(C(=O)CCc2ccccc2)CC1. The maximum atomic E-state index is 12.1. The molecule has 20 heavy (non-hydrogen) atoms. The minimum absolute atomic E-state index is 0.0158. The van der Waals surface area contributed by atoms with Crippen molar-refractivity contribution in [1.29, 1.82) is 0 Å². The lowest BCUT2D eigenvalue weighted by atomic mass is 10.1. The van der Waals surface area contributed by atoms with Gasteiger partial charge in [0, 0.05) is 32.6 Å². The zero-order valence-corrected chi connectivity index (χ0v) is 12.2. The van der Waals surface area contributed by atoms with Crippen LogP contribution in [0.5, 0.6) is 0 Å². The molecule has 0 saturated carbocycles. The van der Waals surface area contributed by atoms with Crippen LogP contribution in [0, 0.1) is 0 Å². The Bertz CT molecular complexity index is 456. The number of carbonyl (C=O) groups excluding carboxylic acids is 2. The van der Waals surface area contributed by atoms with Crippen LogP contribution in [0.15, 0.2) is 30.3 Å². The highest BCUT2D eigenvalue weighted by Crippen LogP contribution is 2.08. The van der Waals surface area contributed by atoms with E-state index in [0.717, 1.165) is 6.42 Å². The first-order valence-corrected chi connectivity index (χ1v) is 7.39. The predicted octanol–water partition coefficient (Wildman–Crippen LogP) is 1.53. The molecule has 1 aliphatic rings. The largest absolute Gasteiger partial charge is 0.339 e. The molecule has 0 unspecified atom stereocenters. The number of nitrogens with zero attached hydrogens (tertiary/aromatic N) is 2. The molecule has 1 saturated heterocycles. The average molecular weight is 295 g/mol.